The van der Waals surface area contributed by atoms with Gasteiger partial charge in [0, 0.05) is 7.05 Å². The summed E-state index contributed by atoms with van der Waals surface area (Å²) in [4.78, 5) is 14.6. The number of nitrogens with one attached hydrogen (secondary N) is 2. The van der Waals surface area contributed by atoms with Gasteiger partial charge in [0.05, 0.1) is 0 Å². The molecule has 0 radical (unpaired) electrons. The largest absolute Gasteiger partial charge is 0.371 e. The first kappa shape index (κ1) is 8.52. The summed E-state index contributed by atoms with van der Waals surface area (Å²) < 4.78 is 0. The van der Waals surface area contributed by atoms with Crippen LogP contribution in [-0.4, -0.2) is 27.0 Å². The van der Waals surface area contributed by atoms with Gasteiger partial charge < -0.3 is 10.3 Å². The molecule has 5 nitrogen and oxygen atoms in total. The Bertz CT molecular complexity index is 451. The summed E-state index contributed by atoms with van der Waals surface area (Å²) in [6.07, 6.45) is 0. The Balaban J connectivity index is 2.80. The maximum atomic E-state index is 5.66. The first-order valence-electron chi connectivity index (χ1n) is 3.47. The summed E-state index contributed by atoms with van der Waals surface area (Å²) in [7, 11) is 1.73. The van der Waals surface area contributed by atoms with Gasteiger partial charge in [0.2, 0.25) is 10.6 Å². The normalized spacial score (nSPS) is 10.7. The SMILES string of the molecule is CNc1nc(Cl)nc2nc(Cl)[nH]c12. The lowest BCUT2D eigenvalue weighted by Gasteiger charge is -1.98. The number of nitrogens with zero attached hydrogens (tertiary/aromatic N) is 3. The lowest BCUT2D eigenvalue weighted by molar-refractivity contribution is 1.19. The van der Waals surface area contributed by atoms with Crippen LogP contribution < -0.4 is 5.32 Å². The number of fused-ring (bicyclic) bond motifs is 1. The molecule has 0 spiro atoms. The lowest BCUT2D eigenvalue weighted by Crippen LogP contribution is -1.95. The standard InChI is InChI=1S/C6H5Cl2N5/c1-9-3-2-4(12-5(7)10-2)13-6(8)11-3/h1H3,(H2,9,10,11,12,13). The highest BCUT2D eigenvalue weighted by molar-refractivity contribution is 6.30. The Hall–Kier alpha value is -1.07. The molecular weight excluding hydrogens is 213 g/mol. The fourth-order valence-electron chi connectivity index (χ4n) is 1.02. The van der Waals surface area contributed by atoms with Crippen molar-refractivity contribution in [3.63, 3.8) is 0 Å². The molecule has 2 aromatic heterocycles. The van der Waals surface area contributed by atoms with Crippen LogP contribution in [0.1, 0.15) is 0 Å². The van der Waals surface area contributed by atoms with E-state index in [-0.39, 0.29) is 10.6 Å². The van der Waals surface area contributed by atoms with Crippen molar-refractivity contribution in [1.29, 1.82) is 0 Å². The van der Waals surface area contributed by atoms with Crippen LogP contribution in [0.5, 0.6) is 0 Å². The van der Waals surface area contributed by atoms with Gasteiger partial charge in [-0.25, -0.2) is 0 Å². The van der Waals surface area contributed by atoms with Crippen molar-refractivity contribution in [3.8, 4) is 0 Å². The number of imidazole rings is 1. The second kappa shape index (κ2) is 3.01. The Morgan fingerprint density at radius 3 is 2.69 bits per heavy atom. The van der Waals surface area contributed by atoms with Crippen molar-refractivity contribution in [2.75, 3.05) is 12.4 Å². The number of hydrogen-bond acceptors (Lipinski definition) is 4. The predicted molar refractivity (Wildman–Crippen MR) is 51.3 cm³/mol. The minimum Gasteiger partial charge on any atom is -0.371 e. The molecule has 0 saturated carbocycles. The molecule has 7 heteroatoms. The highest BCUT2D eigenvalue weighted by Gasteiger charge is 2.09. The van der Waals surface area contributed by atoms with E-state index in [1.807, 2.05) is 0 Å². The molecule has 0 aromatic carbocycles. The van der Waals surface area contributed by atoms with Gasteiger partial charge in [0.25, 0.3) is 0 Å². The van der Waals surface area contributed by atoms with E-state index in [1.165, 1.54) is 0 Å². The van der Waals surface area contributed by atoms with Gasteiger partial charge in [-0.1, -0.05) is 0 Å². The monoisotopic (exact) mass is 217 g/mol. The number of aromatic amines is 1. The highest BCUT2D eigenvalue weighted by atomic mass is 35.5. The molecule has 2 rings (SSSR count). The zero-order chi connectivity index (χ0) is 9.42. The first-order valence-corrected chi connectivity index (χ1v) is 4.23. The van der Waals surface area contributed by atoms with Gasteiger partial charge in [0.1, 0.15) is 5.52 Å². The highest BCUT2D eigenvalue weighted by Crippen LogP contribution is 2.20. The van der Waals surface area contributed by atoms with Gasteiger partial charge in [-0.15, -0.1) is 0 Å². The van der Waals surface area contributed by atoms with E-state index in [0.717, 1.165) is 0 Å². The molecule has 0 aliphatic rings. The van der Waals surface area contributed by atoms with Gasteiger partial charge in [-0.3, -0.25) is 0 Å². The third-order valence-electron chi connectivity index (χ3n) is 1.53. The van der Waals surface area contributed by atoms with Crippen LogP contribution in [0, 0.1) is 0 Å². The number of anilines is 1. The molecule has 0 aliphatic carbocycles. The third-order valence-corrected chi connectivity index (χ3v) is 1.88. The van der Waals surface area contributed by atoms with Gasteiger partial charge >= 0.3 is 0 Å². The molecule has 0 fully saturated rings. The van der Waals surface area contributed by atoms with Crippen molar-refractivity contribution >= 4 is 40.2 Å². The summed E-state index contributed by atoms with van der Waals surface area (Å²) in [6, 6.07) is 0. The van der Waals surface area contributed by atoms with Crippen molar-refractivity contribution in [3.05, 3.63) is 10.6 Å². The smallest absolute Gasteiger partial charge is 0.226 e. The van der Waals surface area contributed by atoms with E-state index in [0.29, 0.717) is 17.0 Å². The Morgan fingerprint density at radius 2 is 2.00 bits per heavy atom. The van der Waals surface area contributed by atoms with Crippen LogP contribution in [0.2, 0.25) is 10.6 Å². The van der Waals surface area contributed by atoms with Crippen molar-refractivity contribution < 1.29 is 0 Å². The fraction of sp³-hybridized carbons (Fsp3) is 0.167. The summed E-state index contributed by atoms with van der Waals surface area (Å²) in [5.74, 6) is 0.578. The average molecular weight is 218 g/mol. The molecule has 0 amide bonds. The van der Waals surface area contributed by atoms with Crippen molar-refractivity contribution in [2.45, 2.75) is 0 Å². The Kier molecular flexibility index (Phi) is 1.97. The molecule has 68 valence electrons. The summed E-state index contributed by atoms with van der Waals surface area (Å²) >= 11 is 11.3. The van der Waals surface area contributed by atoms with Gasteiger partial charge in [-0.05, 0) is 23.2 Å². The maximum Gasteiger partial charge on any atom is 0.226 e. The molecule has 2 N–H and O–H groups in total. The van der Waals surface area contributed by atoms with Gasteiger partial charge in [-0.2, -0.15) is 15.0 Å². The van der Waals surface area contributed by atoms with E-state index >= 15 is 0 Å². The summed E-state index contributed by atoms with van der Waals surface area (Å²) in [6.45, 7) is 0. The molecule has 0 saturated heterocycles. The molecule has 0 unspecified atom stereocenters. The maximum absolute atomic E-state index is 5.66. The second-order valence-electron chi connectivity index (χ2n) is 2.32. The quantitative estimate of drug-likeness (QED) is 0.564. The third kappa shape index (κ3) is 1.40. The number of aromatic nitrogens is 4. The molecule has 2 heterocycles. The molecule has 13 heavy (non-hydrogen) atoms. The van der Waals surface area contributed by atoms with Crippen LogP contribution in [0.3, 0.4) is 0 Å². The number of halogens is 2. The van der Waals surface area contributed by atoms with Crippen LogP contribution in [-0.2, 0) is 0 Å². The second-order valence-corrected chi connectivity index (χ2v) is 3.01. The Labute approximate surface area is 83.5 Å². The van der Waals surface area contributed by atoms with Crippen LogP contribution >= 0.6 is 23.2 Å². The van der Waals surface area contributed by atoms with E-state index in [1.54, 1.807) is 7.05 Å². The van der Waals surface area contributed by atoms with Crippen LogP contribution in [0.15, 0.2) is 0 Å². The van der Waals surface area contributed by atoms with Gasteiger partial charge in [0.15, 0.2) is 11.5 Å². The van der Waals surface area contributed by atoms with Crippen LogP contribution in [0.4, 0.5) is 5.82 Å². The summed E-state index contributed by atoms with van der Waals surface area (Å²) in [5, 5.41) is 3.26. The Morgan fingerprint density at radius 1 is 1.23 bits per heavy atom. The topological polar surface area (TPSA) is 66.5 Å². The zero-order valence-corrected chi connectivity index (χ0v) is 8.11. The fourth-order valence-corrected chi connectivity index (χ4v) is 1.36. The lowest BCUT2D eigenvalue weighted by atomic mass is 10.5. The van der Waals surface area contributed by atoms with E-state index in [4.69, 9.17) is 23.2 Å². The first-order chi connectivity index (χ1) is 6.20. The minimum atomic E-state index is 0.139. The van der Waals surface area contributed by atoms with E-state index in [2.05, 4.69) is 25.3 Å². The minimum absolute atomic E-state index is 0.139. The van der Waals surface area contributed by atoms with Crippen molar-refractivity contribution in [2.24, 2.45) is 0 Å². The number of hydrogen-bond donors (Lipinski definition) is 2. The van der Waals surface area contributed by atoms with Crippen LogP contribution in [0.25, 0.3) is 11.2 Å². The molecule has 0 bridgehead atoms. The molecule has 0 aliphatic heterocycles. The average Bonchev–Trinajstić information content (AvgIpc) is 2.43. The van der Waals surface area contributed by atoms with E-state index < -0.39 is 0 Å². The molecule has 2 aromatic rings. The summed E-state index contributed by atoms with van der Waals surface area (Å²) in [5.41, 5.74) is 1.10. The van der Waals surface area contributed by atoms with Crippen molar-refractivity contribution in [1.82, 2.24) is 19.9 Å². The zero-order valence-electron chi connectivity index (χ0n) is 6.60. The molecule has 0 atom stereocenters. The van der Waals surface area contributed by atoms with E-state index in [9.17, 15) is 0 Å². The predicted octanol–water partition coefficient (Wildman–Crippen LogP) is 1.70. The number of H-pyrrole nitrogens is 1. The molecular formula is C6H5Cl2N5. The number of rotatable bonds is 1.